The van der Waals surface area contributed by atoms with Gasteiger partial charge in [0.2, 0.25) is 0 Å². The van der Waals surface area contributed by atoms with Gasteiger partial charge in [-0.15, -0.1) is 0 Å². The van der Waals surface area contributed by atoms with Crippen LogP contribution in [0.5, 0.6) is 0 Å². The number of aliphatic hydroxyl groups excluding tert-OH is 2. The maximum Gasteiger partial charge on any atom is 0.308 e. The molecule has 0 rings (SSSR count). The van der Waals surface area contributed by atoms with E-state index in [0.29, 0.717) is 19.1 Å². The zero-order valence-electron chi connectivity index (χ0n) is 38.5. The van der Waals surface area contributed by atoms with Crippen molar-refractivity contribution in [1.29, 1.82) is 0 Å². The van der Waals surface area contributed by atoms with Gasteiger partial charge in [0.25, 0.3) is 0 Å². The summed E-state index contributed by atoms with van der Waals surface area (Å²) in [7, 11) is 0. The minimum atomic E-state index is -0.587. The maximum absolute atomic E-state index is 12.7. The molecule has 3 unspecified atom stereocenters. The van der Waals surface area contributed by atoms with Crippen LogP contribution in [-0.4, -0.2) is 66.8 Å². The van der Waals surface area contributed by atoms with Gasteiger partial charge in [-0.25, -0.2) is 0 Å². The second-order valence-corrected chi connectivity index (χ2v) is 17.5. The Hall–Kier alpha value is -0.690. The highest BCUT2D eigenvalue weighted by molar-refractivity contribution is 5.72. The average Bonchev–Trinajstić information content (AvgIpc) is 3.20. The van der Waals surface area contributed by atoms with Crippen LogP contribution in [0.25, 0.3) is 0 Å². The zero-order chi connectivity index (χ0) is 41.0. The van der Waals surface area contributed by atoms with E-state index in [1.54, 1.807) is 0 Å². The zero-order valence-corrected chi connectivity index (χ0v) is 38.5. The first-order chi connectivity index (χ1) is 27.5. The molecule has 0 aliphatic heterocycles. The first-order valence-electron chi connectivity index (χ1n) is 25.3. The van der Waals surface area contributed by atoms with E-state index in [0.717, 1.165) is 83.8 Å². The summed E-state index contributed by atoms with van der Waals surface area (Å²) in [6.45, 7) is 13.5. The molecule has 0 amide bonds. The Labute approximate surface area is 350 Å². The monoisotopic (exact) mass is 796 g/mol. The Morgan fingerprint density at radius 1 is 0.446 bits per heavy atom. The van der Waals surface area contributed by atoms with Crippen molar-refractivity contribution in [2.75, 3.05) is 39.5 Å². The van der Waals surface area contributed by atoms with Gasteiger partial charge in [0, 0.05) is 19.1 Å². The third-order valence-electron chi connectivity index (χ3n) is 12.1. The normalized spacial score (nSPS) is 13.4. The predicted octanol–water partition coefficient (Wildman–Crippen LogP) is 14.5. The number of ether oxygens (including phenoxy) is 2. The van der Waals surface area contributed by atoms with Gasteiger partial charge >= 0.3 is 5.97 Å². The highest BCUT2D eigenvalue weighted by Gasteiger charge is 2.20. The molecule has 3 atom stereocenters. The second-order valence-electron chi connectivity index (χ2n) is 17.5. The van der Waals surface area contributed by atoms with Gasteiger partial charge in [0.05, 0.1) is 19.1 Å². The third-order valence-corrected chi connectivity index (χ3v) is 12.1. The molecule has 0 saturated carbocycles. The van der Waals surface area contributed by atoms with E-state index in [9.17, 15) is 15.0 Å². The summed E-state index contributed by atoms with van der Waals surface area (Å²) < 4.78 is 11.7. The van der Waals surface area contributed by atoms with E-state index < -0.39 is 6.29 Å². The molecule has 336 valence electrons. The number of aliphatic hydroxyl groups is 2. The van der Waals surface area contributed by atoms with Crippen LogP contribution in [0, 0.1) is 11.8 Å². The molecule has 0 heterocycles. The lowest BCUT2D eigenvalue weighted by Crippen LogP contribution is -2.29. The molecule has 0 spiro atoms. The van der Waals surface area contributed by atoms with Crippen LogP contribution in [0.15, 0.2) is 0 Å². The van der Waals surface area contributed by atoms with Crippen LogP contribution in [0.4, 0.5) is 0 Å². The molecule has 0 aromatic carbocycles. The smallest absolute Gasteiger partial charge is 0.308 e. The number of hydrogen-bond donors (Lipinski definition) is 2. The first-order valence-corrected chi connectivity index (χ1v) is 25.3. The SMILES string of the molecule is CCCCCCCCC(CCCC)C(=O)OCCCCCCCCCN(CCO)CCCCCCCCCOC(O)C(CCCCCC)CCCCCCCC. The number of carbonyl (C=O) groups excluding carboxylic acids is 1. The lowest BCUT2D eigenvalue weighted by atomic mass is 9.93. The van der Waals surface area contributed by atoms with Gasteiger partial charge in [0.1, 0.15) is 0 Å². The minimum absolute atomic E-state index is 0.0587. The summed E-state index contributed by atoms with van der Waals surface area (Å²) in [5.74, 6) is 0.469. The molecule has 0 fully saturated rings. The average molecular weight is 796 g/mol. The Morgan fingerprint density at radius 3 is 1.30 bits per heavy atom. The molecule has 0 aliphatic rings. The van der Waals surface area contributed by atoms with Crippen molar-refractivity contribution >= 4 is 5.97 Å². The lowest BCUT2D eigenvalue weighted by Gasteiger charge is -2.23. The van der Waals surface area contributed by atoms with Gasteiger partial charge < -0.3 is 24.6 Å². The summed E-state index contributed by atoms with van der Waals surface area (Å²) in [6, 6.07) is 0. The van der Waals surface area contributed by atoms with Gasteiger partial charge in [-0.05, 0) is 64.5 Å². The van der Waals surface area contributed by atoms with Crippen LogP contribution in [0.1, 0.15) is 259 Å². The van der Waals surface area contributed by atoms with Gasteiger partial charge in [-0.2, -0.15) is 0 Å². The molecule has 0 aromatic rings. The van der Waals surface area contributed by atoms with Crippen LogP contribution < -0.4 is 0 Å². The van der Waals surface area contributed by atoms with E-state index in [1.165, 1.54) is 167 Å². The molecule has 0 aromatic heterocycles. The fraction of sp³-hybridized carbons (Fsp3) is 0.980. The number of unbranched alkanes of at least 4 members (excludes halogenated alkanes) is 26. The molecule has 0 saturated heterocycles. The molecule has 0 aliphatic carbocycles. The molecule has 6 nitrogen and oxygen atoms in total. The molecule has 0 radical (unpaired) electrons. The van der Waals surface area contributed by atoms with Crippen molar-refractivity contribution in [2.45, 2.75) is 265 Å². The van der Waals surface area contributed by atoms with E-state index in [2.05, 4.69) is 32.6 Å². The quantitative estimate of drug-likeness (QED) is 0.0363. The Balaban J connectivity index is 3.92. The first kappa shape index (κ1) is 55.3. The van der Waals surface area contributed by atoms with Crippen LogP contribution >= 0.6 is 0 Å². The van der Waals surface area contributed by atoms with Gasteiger partial charge in [-0.3, -0.25) is 4.79 Å². The van der Waals surface area contributed by atoms with Crippen LogP contribution in [0.2, 0.25) is 0 Å². The van der Waals surface area contributed by atoms with Crippen molar-refractivity contribution in [3.63, 3.8) is 0 Å². The molecular formula is C50H101NO5. The van der Waals surface area contributed by atoms with E-state index in [-0.39, 0.29) is 18.5 Å². The number of rotatable bonds is 47. The Morgan fingerprint density at radius 2 is 0.821 bits per heavy atom. The highest BCUT2D eigenvalue weighted by atomic mass is 16.6. The van der Waals surface area contributed by atoms with Crippen molar-refractivity contribution < 1.29 is 24.5 Å². The number of nitrogens with zero attached hydrogens (tertiary/aromatic N) is 1. The van der Waals surface area contributed by atoms with Gasteiger partial charge in [0.15, 0.2) is 6.29 Å². The van der Waals surface area contributed by atoms with Crippen LogP contribution in [0.3, 0.4) is 0 Å². The summed E-state index contributed by atoms with van der Waals surface area (Å²) in [6.07, 6.45) is 43.3. The van der Waals surface area contributed by atoms with E-state index >= 15 is 0 Å². The number of carbonyl (C=O) groups is 1. The molecule has 6 heteroatoms. The van der Waals surface area contributed by atoms with Gasteiger partial charge in [-0.1, -0.05) is 207 Å². The standard InChI is InChI=1S/C50H101NO5/c1-5-9-13-16-24-31-39-47(37-12-8-4)49(53)55-45-35-28-22-18-20-26-33-41-51(43-44-52)42-34-27-21-19-23-29-36-46-56-50(54)48(38-30-15-11-7-3)40-32-25-17-14-10-6-2/h47-48,50,52,54H,5-46H2,1-4H3. The van der Waals surface area contributed by atoms with E-state index in [4.69, 9.17) is 9.47 Å². The third kappa shape index (κ3) is 37.6. The largest absolute Gasteiger partial charge is 0.465 e. The Bertz CT molecular complexity index is 766. The maximum atomic E-state index is 12.7. The summed E-state index contributed by atoms with van der Waals surface area (Å²) in [5, 5.41) is 20.4. The number of hydrogen-bond acceptors (Lipinski definition) is 6. The fourth-order valence-corrected chi connectivity index (χ4v) is 8.20. The molecular weight excluding hydrogens is 695 g/mol. The van der Waals surface area contributed by atoms with Crippen molar-refractivity contribution in [3.8, 4) is 0 Å². The molecule has 0 bridgehead atoms. The molecule has 2 N–H and O–H groups in total. The van der Waals surface area contributed by atoms with Crippen molar-refractivity contribution in [2.24, 2.45) is 11.8 Å². The Kier molecular flexibility index (Phi) is 44.8. The van der Waals surface area contributed by atoms with Crippen LogP contribution in [-0.2, 0) is 14.3 Å². The predicted molar refractivity (Wildman–Crippen MR) is 242 cm³/mol. The summed E-state index contributed by atoms with van der Waals surface area (Å²) in [4.78, 5) is 15.2. The lowest BCUT2D eigenvalue weighted by molar-refractivity contribution is -0.149. The van der Waals surface area contributed by atoms with E-state index in [1.807, 2.05) is 0 Å². The van der Waals surface area contributed by atoms with Crippen molar-refractivity contribution in [3.05, 3.63) is 0 Å². The summed E-state index contributed by atoms with van der Waals surface area (Å²) in [5.41, 5.74) is 0. The van der Waals surface area contributed by atoms with Crippen molar-refractivity contribution in [1.82, 2.24) is 4.90 Å². The summed E-state index contributed by atoms with van der Waals surface area (Å²) >= 11 is 0. The minimum Gasteiger partial charge on any atom is -0.465 e. The number of esters is 1. The highest BCUT2D eigenvalue weighted by Crippen LogP contribution is 2.24. The topological polar surface area (TPSA) is 79.2 Å². The molecule has 56 heavy (non-hydrogen) atoms. The second kappa shape index (κ2) is 45.4. The fourth-order valence-electron chi connectivity index (χ4n) is 8.20.